The van der Waals surface area contributed by atoms with Crippen molar-refractivity contribution in [2.45, 2.75) is 26.7 Å². The van der Waals surface area contributed by atoms with Crippen LogP contribution in [0.1, 0.15) is 25.5 Å². The van der Waals surface area contributed by atoms with E-state index >= 15 is 0 Å². The molecule has 1 amide bonds. The van der Waals surface area contributed by atoms with Gasteiger partial charge in [0.05, 0.1) is 5.56 Å². The van der Waals surface area contributed by atoms with Crippen LogP contribution in [-0.4, -0.2) is 28.4 Å². The Morgan fingerprint density at radius 3 is 2.90 bits per heavy atom. The topological polar surface area (TPSA) is 92.9 Å². The minimum absolute atomic E-state index is 0.0495. The summed E-state index contributed by atoms with van der Waals surface area (Å²) in [5, 5.41) is 9.78. The summed E-state index contributed by atoms with van der Waals surface area (Å²) in [4.78, 5) is 16.0. The number of nitrogens with two attached hydrogens (primary N) is 1. The molecule has 0 radical (unpaired) electrons. The SMILES string of the molecule is CCCNC(=O)CCNc1snc(N)c1-c1nc(C)cs1. The number of thiazole rings is 1. The van der Waals surface area contributed by atoms with Gasteiger partial charge >= 0.3 is 0 Å². The van der Waals surface area contributed by atoms with Crippen molar-refractivity contribution in [3.05, 3.63) is 11.1 Å². The molecular weight excluding hydrogens is 306 g/mol. The second-order valence-electron chi connectivity index (χ2n) is 4.59. The molecule has 6 nitrogen and oxygen atoms in total. The van der Waals surface area contributed by atoms with E-state index in [4.69, 9.17) is 5.73 Å². The van der Waals surface area contributed by atoms with E-state index in [-0.39, 0.29) is 5.91 Å². The molecule has 2 aromatic heterocycles. The number of hydrogen-bond acceptors (Lipinski definition) is 7. The Hall–Kier alpha value is -1.67. The van der Waals surface area contributed by atoms with E-state index in [1.165, 1.54) is 11.5 Å². The number of nitrogens with zero attached hydrogens (tertiary/aromatic N) is 2. The maximum Gasteiger partial charge on any atom is 0.221 e. The highest BCUT2D eigenvalue weighted by atomic mass is 32.1. The molecule has 0 unspecified atom stereocenters. The summed E-state index contributed by atoms with van der Waals surface area (Å²) in [6.45, 7) is 5.24. The lowest BCUT2D eigenvalue weighted by Crippen LogP contribution is -2.25. The molecule has 0 saturated carbocycles. The third-order valence-corrected chi connectivity index (χ3v) is 4.56. The molecule has 0 aliphatic heterocycles. The molecule has 21 heavy (non-hydrogen) atoms. The molecule has 0 aliphatic carbocycles. The Kier molecular flexibility index (Phi) is 5.51. The predicted molar refractivity (Wildman–Crippen MR) is 88.8 cm³/mol. The number of hydrogen-bond donors (Lipinski definition) is 3. The van der Waals surface area contributed by atoms with Crippen molar-refractivity contribution in [2.24, 2.45) is 0 Å². The van der Waals surface area contributed by atoms with Crippen LogP contribution in [0.25, 0.3) is 10.6 Å². The summed E-state index contributed by atoms with van der Waals surface area (Å²) < 4.78 is 4.17. The van der Waals surface area contributed by atoms with Gasteiger partial charge in [-0.3, -0.25) is 4.79 Å². The van der Waals surface area contributed by atoms with Crippen LogP contribution in [0.4, 0.5) is 10.8 Å². The Labute approximate surface area is 132 Å². The van der Waals surface area contributed by atoms with Gasteiger partial charge in [0, 0.05) is 30.6 Å². The monoisotopic (exact) mass is 325 g/mol. The Morgan fingerprint density at radius 2 is 2.24 bits per heavy atom. The molecule has 0 aliphatic rings. The molecule has 0 bridgehead atoms. The second kappa shape index (κ2) is 7.37. The maximum absolute atomic E-state index is 11.6. The number of aryl methyl sites for hydroxylation is 1. The van der Waals surface area contributed by atoms with Crippen molar-refractivity contribution >= 4 is 39.6 Å². The number of rotatable bonds is 7. The normalized spacial score (nSPS) is 10.6. The fourth-order valence-electron chi connectivity index (χ4n) is 1.74. The van der Waals surface area contributed by atoms with E-state index < -0.39 is 0 Å². The molecule has 0 saturated heterocycles. The lowest BCUT2D eigenvalue weighted by molar-refractivity contribution is -0.120. The van der Waals surface area contributed by atoms with E-state index in [0.717, 1.165) is 34.2 Å². The Bertz CT molecular complexity index is 607. The molecule has 2 aromatic rings. The third-order valence-electron chi connectivity index (χ3n) is 2.76. The van der Waals surface area contributed by atoms with E-state index in [2.05, 4.69) is 20.0 Å². The lowest BCUT2D eigenvalue weighted by atomic mass is 10.3. The van der Waals surface area contributed by atoms with Crippen LogP contribution in [0, 0.1) is 6.92 Å². The highest BCUT2D eigenvalue weighted by Gasteiger charge is 2.16. The molecule has 8 heteroatoms. The Morgan fingerprint density at radius 1 is 1.43 bits per heavy atom. The van der Waals surface area contributed by atoms with Crippen molar-refractivity contribution in [1.29, 1.82) is 0 Å². The molecule has 0 aromatic carbocycles. The number of anilines is 2. The predicted octanol–water partition coefficient (Wildman–Crippen LogP) is 2.49. The van der Waals surface area contributed by atoms with Crippen molar-refractivity contribution < 1.29 is 4.79 Å². The van der Waals surface area contributed by atoms with Crippen LogP contribution in [0.15, 0.2) is 5.38 Å². The van der Waals surface area contributed by atoms with Gasteiger partial charge in [-0.15, -0.1) is 11.3 Å². The highest BCUT2D eigenvalue weighted by molar-refractivity contribution is 7.15. The van der Waals surface area contributed by atoms with Gasteiger partial charge in [0.15, 0.2) is 0 Å². The number of amides is 1. The van der Waals surface area contributed by atoms with E-state index in [9.17, 15) is 4.79 Å². The minimum atomic E-state index is 0.0495. The summed E-state index contributed by atoms with van der Waals surface area (Å²) >= 11 is 2.84. The first-order chi connectivity index (χ1) is 10.1. The van der Waals surface area contributed by atoms with Gasteiger partial charge in [-0.05, 0) is 24.9 Å². The van der Waals surface area contributed by atoms with Crippen LogP contribution >= 0.6 is 22.9 Å². The van der Waals surface area contributed by atoms with E-state index in [1.807, 2.05) is 19.2 Å². The minimum Gasteiger partial charge on any atom is -0.382 e. The van der Waals surface area contributed by atoms with E-state index in [1.54, 1.807) is 11.3 Å². The summed E-state index contributed by atoms with van der Waals surface area (Å²) in [5.74, 6) is 0.528. The zero-order chi connectivity index (χ0) is 15.2. The lowest BCUT2D eigenvalue weighted by Gasteiger charge is -2.06. The first kappa shape index (κ1) is 15.7. The van der Waals surface area contributed by atoms with Crippen molar-refractivity contribution in [3.8, 4) is 10.6 Å². The van der Waals surface area contributed by atoms with E-state index in [0.29, 0.717) is 18.8 Å². The third kappa shape index (κ3) is 4.15. The average molecular weight is 325 g/mol. The maximum atomic E-state index is 11.6. The van der Waals surface area contributed by atoms with Crippen LogP contribution in [0.3, 0.4) is 0 Å². The van der Waals surface area contributed by atoms with Gasteiger partial charge in [-0.1, -0.05) is 6.92 Å². The van der Waals surface area contributed by atoms with Crippen LogP contribution in [-0.2, 0) is 4.79 Å². The molecule has 0 fully saturated rings. The second-order valence-corrected chi connectivity index (χ2v) is 6.22. The highest BCUT2D eigenvalue weighted by Crippen LogP contribution is 2.38. The molecule has 0 spiro atoms. The fourth-order valence-corrected chi connectivity index (χ4v) is 3.40. The number of nitrogens with one attached hydrogen (secondary N) is 2. The van der Waals surface area contributed by atoms with Gasteiger partial charge in [0.25, 0.3) is 0 Å². The standard InChI is InChI=1S/C13H19N5OS2/c1-3-5-15-9(19)4-6-16-12-10(11(14)18-21-12)13-17-8(2)7-20-13/h7,16H,3-6H2,1-2H3,(H2,14,18)(H,15,19). The molecule has 114 valence electrons. The first-order valence-corrected chi connectivity index (χ1v) is 8.45. The van der Waals surface area contributed by atoms with Gasteiger partial charge < -0.3 is 16.4 Å². The fraction of sp³-hybridized carbons (Fsp3) is 0.462. The average Bonchev–Trinajstić information content (AvgIpc) is 3.02. The number of aromatic nitrogens is 2. The zero-order valence-electron chi connectivity index (χ0n) is 12.1. The quantitative estimate of drug-likeness (QED) is 0.727. The molecule has 2 rings (SSSR count). The smallest absolute Gasteiger partial charge is 0.221 e. The van der Waals surface area contributed by atoms with Gasteiger partial charge in [0.1, 0.15) is 15.8 Å². The van der Waals surface area contributed by atoms with Gasteiger partial charge in [0.2, 0.25) is 5.91 Å². The van der Waals surface area contributed by atoms with Crippen molar-refractivity contribution in [2.75, 3.05) is 24.1 Å². The van der Waals surface area contributed by atoms with Crippen LogP contribution in [0.2, 0.25) is 0 Å². The summed E-state index contributed by atoms with van der Waals surface area (Å²) in [6, 6.07) is 0. The van der Waals surface area contributed by atoms with Gasteiger partial charge in [-0.25, -0.2) is 4.98 Å². The summed E-state index contributed by atoms with van der Waals surface area (Å²) in [5.41, 5.74) is 7.73. The van der Waals surface area contributed by atoms with Crippen LogP contribution in [0.5, 0.6) is 0 Å². The first-order valence-electron chi connectivity index (χ1n) is 6.80. The number of carbonyl (C=O) groups is 1. The zero-order valence-corrected chi connectivity index (χ0v) is 13.7. The number of carbonyl (C=O) groups excluding carboxylic acids is 1. The molecule has 0 atom stereocenters. The summed E-state index contributed by atoms with van der Waals surface area (Å²) in [6.07, 6.45) is 1.37. The number of nitrogen functional groups attached to an aromatic ring is 1. The largest absolute Gasteiger partial charge is 0.382 e. The van der Waals surface area contributed by atoms with Gasteiger partial charge in [-0.2, -0.15) is 4.37 Å². The van der Waals surface area contributed by atoms with Crippen LogP contribution < -0.4 is 16.4 Å². The Balaban J connectivity index is 1.97. The molecular formula is C13H19N5OS2. The van der Waals surface area contributed by atoms with Crippen molar-refractivity contribution in [1.82, 2.24) is 14.7 Å². The molecule has 2 heterocycles. The summed E-state index contributed by atoms with van der Waals surface area (Å²) in [7, 11) is 0. The molecule has 4 N–H and O–H groups in total. The van der Waals surface area contributed by atoms with Crippen molar-refractivity contribution in [3.63, 3.8) is 0 Å².